The number of aliphatic hydroxyl groups excluding tert-OH is 1. The second-order valence-electron chi connectivity index (χ2n) is 4.50. The Hall–Kier alpha value is -2.28. The highest BCUT2D eigenvalue weighted by molar-refractivity contribution is 5.97. The maximum atomic E-state index is 12.1. The van der Waals surface area contributed by atoms with Crippen molar-refractivity contribution < 1.29 is 24.9 Å². The van der Waals surface area contributed by atoms with E-state index in [9.17, 15) is 14.7 Å². The smallest absolute Gasteiger partial charge is 0.339 e. The van der Waals surface area contributed by atoms with Crippen molar-refractivity contribution >= 4 is 17.7 Å². The van der Waals surface area contributed by atoms with Crippen molar-refractivity contribution in [3.05, 3.63) is 23.8 Å². The molecular weight excluding hydrogens is 276 g/mol. The molecule has 21 heavy (non-hydrogen) atoms. The SMILES string of the molecule is CCCCN(CCO)C(=O)Nc1cccc(C(=O)O)c1O. The maximum absolute atomic E-state index is 12.1. The number of aromatic carboxylic acids is 1. The van der Waals surface area contributed by atoms with Gasteiger partial charge in [-0.15, -0.1) is 0 Å². The Morgan fingerprint density at radius 1 is 1.29 bits per heavy atom. The van der Waals surface area contributed by atoms with Crippen molar-refractivity contribution in [2.75, 3.05) is 25.0 Å². The van der Waals surface area contributed by atoms with Gasteiger partial charge < -0.3 is 25.5 Å². The van der Waals surface area contributed by atoms with Gasteiger partial charge in [0.1, 0.15) is 5.56 Å². The molecule has 1 aromatic rings. The van der Waals surface area contributed by atoms with Crippen LogP contribution in [0.25, 0.3) is 0 Å². The number of hydrogen-bond donors (Lipinski definition) is 4. The molecule has 0 aliphatic rings. The number of aliphatic hydroxyl groups is 1. The van der Waals surface area contributed by atoms with Gasteiger partial charge in [-0.1, -0.05) is 19.4 Å². The Labute approximate surface area is 122 Å². The van der Waals surface area contributed by atoms with E-state index in [0.29, 0.717) is 6.54 Å². The average Bonchev–Trinajstić information content (AvgIpc) is 2.45. The first kappa shape index (κ1) is 16.8. The average molecular weight is 296 g/mol. The van der Waals surface area contributed by atoms with Crippen molar-refractivity contribution in [1.29, 1.82) is 0 Å². The fourth-order valence-electron chi connectivity index (χ4n) is 1.80. The van der Waals surface area contributed by atoms with Crippen LogP contribution in [0.3, 0.4) is 0 Å². The molecule has 0 unspecified atom stereocenters. The van der Waals surface area contributed by atoms with Crippen molar-refractivity contribution in [1.82, 2.24) is 4.90 Å². The molecule has 2 amide bonds. The normalized spacial score (nSPS) is 10.2. The van der Waals surface area contributed by atoms with Crippen LogP contribution in [0.2, 0.25) is 0 Å². The number of amides is 2. The van der Waals surface area contributed by atoms with Gasteiger partial charge in [0, 0.05) is 13.1 Å². The number of urea groups is 1. The maximum Gasteiger partial charge on any atom is 0.339 e. The van der Waals surface area contributed by atoms with Crippen LogP contribution in [0, 0.1) is 0 Å². The molecule has 4 N–H and O–H groups in total. The van der Waals surface area contributed by atoms with E-state index in [4.69, 9.17) is 10.2 Å². The Bertz CT molecular complexity index is 504. The lowest BCUT2D eigenvalue weighted by Crippen LogP contribution is -2.37. The van der Waals surface area contributed by atoms with Crippen molar-refractivity contribution in [3.8, 4) is 5.75 Å². The van der Waals surface area contributed by atoms with Gasteiger partial charge in [0.2, 0.25) is 0 Å². The zero-order valence-corrected chi connectivity index (χ0v) is 11.9. The van der Waals surface area contributed by atoms with Crippen LogP contribution in [0.4, 0.5) is 10.5 Å². The standard InChI is InChI=1S/C14H20N2O5/c1-2-3-7-16(8-9-17)14(21)15-11-6-4-5-10(12(11)18)13(19)20/h4-6,17-18H,2-3,7-9H2,1H3,(H,15,21)(H,19,20). The molecule has 0 aliphatic heterocycles. The Kier molecular flexibility index (Phi) is 6.48. The second kappa shape index (κ2) is 8.11. The van der Waals surface area contributed by atoms with E-state index in [-0.39, 0.29) is 24.4 Å². The van der Waals surface area contributed by atoms with E-state index in [1.165, 1.54) is 23.1 Å². The molecule has 0 fully saturated rings. The summed E-state index contributed by atoms with van der Waals surface area (Å²) in [5.41, 5.74) is -0.255. The molecule has 0 aromatic heterocycles. The number of unbranched alkanes of at least 4 members (excludes halogenated alkanes) is 1. The monoisotopic (exact) mass is 296 g/mol. The molecule has 0 spiro atoms. The molecule has 116 valence electrons. The number of carboxylic acid groups (broad SMARTS) is 1. The van der Waals surface area contributed by atoms with Gasteiger partial charge in [-0.05, 0) is 18.6 Å². The summed E-state index contributed by atoms with van der Waals surface area (Å²) in [5.74, 6) is -1.76. The number of nitrogens with zero attached hydrogens (tertiary/aromatic N) is 1. The second-order valence-corrected chi connectivity index (χ2v) is 4.50. The fraction of sp³-hybridized carbons (Fsp3) is 0.429. The number of rotatable bonds is 7. The molecule has 0 heterocycles. The minimum Gasteiger partial charge on any atom is -0.505 e. The summed E-state index contributed by atoms with van der Waals surface area (Å²) in [7, 11) is 0. The molecule has 0 saturated heterocycles. The molecule has 0 bridgehead atoms. The predicted molar refractivity (Wildman–Crippen MR) is 77.7 cm³/mol. The van der Waals surface area contributed by atoms with E-state index in [1.54, 1.807) is 0 Å². The number of benzene rings is 1. The Morgan fingerprint density at radius 3 is 2.57 bits per heavy atom. The zero-order valence-electron chi connectivity index (χ0n) is 11.9. The van der Waals surface area contributed by atoms with Crippen LogP contribution in [0.1, 0.15) is 30.1 Å². The highest BCUT2D eigenvalue weighted by Gasteiger charge is 2.17. The highest BCUT2D eigenvalue weighted by Crippen LogP contribution is 2.27. The van der Waals surface area contributed by atoms with Gasteiger partial charge in [-0.3, -0.25) is 0 Å². The van der Waals surface area contributed by atoms with E-state index in [0.717, 1.165) is 12.8 Å². The summed E-state index contributed by atoms with van der Waals surface area (Å²) in [6.45, 7) is 2.46. The fourth-order valence-corrected chi connectivity index (χ4v) is 1.80. The van der Waals surface area contributed by atoms with Crippen LogP contribution in [-0.4, -0.2) is 51.9 Å². The number of nitrogens with one attached hydrogen (secondary N) is 1. The molecule has 0 atom stereocenters. The number of carbonyl (C=O) groups excluding carboxylic acids is 1. The molecule has 7 nitrogen and oxygen atoms in total. The molecule has 1 rings (SSSR count). The molecule has 0 saturated carbocycles. The lowest BCUT2D eigenvalue weighted by atomic mass is 10.1. The summed E-state index contributed by atoms with van der Waals surface area (Å²) >= 11 is 0. The van der Waals surface area contributed by atoms with Crippen molar-refractivity contribution in [3.63, 3.8) is 0 Å². The first-order valence-corrected chi connectivity index (χ1v) is 6.73. The lowest BCUT2D eigenvalue weighted by Gasteiger charge is -2.22. The molecular formula is C14H20N2O5. The Morgan fingerprint density at radius 2 is 2.00 bits per heavy atom. The number of para-hydroxylation sites is 1. The third-order valence-corrected chi connectivity index (χ3v) is 2.95. The summed E-state index contributed by atoms with van der Waals surface area (Å²) in [6, 6.07) is 3.60. The van der Waals surface area contributed by atoms with Gasteiger partial charge in [0.15, 0.2) is 5.75 Å². The van der Waals surface area contributed by atoms with E-state index in [1.807, 2.05) is 6.92 Å². The summed E-state index contributed by atoms with van der Waals surface area (Å²) in [5, 5.41) is 30.2. The number of aromatic hydroxyl groups is 1. The number of phenols is 1. The largest absolute Gasteiger partial charge is 0.505 e. The van der Waals surface area contributed by atoms with E-state index < -0.39 is 17.7 Å². The zero-order chi connectivity index (χ0) is 15.8. The van der Waals surface area contributed by atoms with Gasteiger partial charge >= 0.3 is 12.0 Å². The third kappa shape index (κ3) is 4.64. The van der Waals surface area contributed by atoms with E-state index >= 15 is 0 Å². The summed E-state index contributed by atoms with van der Waals surface area (Å²) < 4.78 is 0. The summed E-state index contributed by atoms with van der Waals surface area (Å²) in [6.07, 6.45) is 1.68. The first-order chi connectivity index (χ1) is 10.0. The third-order valence-electron chi connectivity index (χ3n) is 2.95. The topological polar surface area (TPSA) is 110 Å². The van der Waals surface area contributed by atoms with Gasteiger partial charge in [-0.25, -0.2) is 9.59 Å². The minimum absolute atomic E-state index is 0.0272. The lowest BCUT2D eigenvalue weighted by molar-refractivity contribution is 0.0693. The number of anilines is 1. The highest BCUT2D eigenvalue weighted by atomic mass is 16.4. The van der Waals surface area contributed by atoms with Crippen molar-refractivity contribution in [2.45, 2.75) is 19.8 Å². The van der Waals surface area contributed by atoms with Crippen LogP contribution in [-0.2, 0) is 0 Å². The van der Waals surface area contributed by atoms with Crippen LogP contribution in [0.15, 0.2) is 18.2 Å². The summed E-state index contributed by atoms with van der Waals surface area (Å²) in [4.78, 5) is 24.4. The van der Waals surface area contributed by atoms with Gasteiger partial charge in [0.05, 0.1) is 12.3 Å². The van der Waals surface area contributed by atoms with Gasteiger partial charge in [0.25, 0.3) is 0 Å². The number of hydrogen-bond acceptors (Lipinski definition) is 4. The number of carbonyl (C=O) groups is 2. The molecule has 0 aliphatic carbocycles. The number of carboxylic acids is 1. The quantitative estimate of drug-likeness (QED) is 0.573. The van der Waals surface area contributed by atoms with Crippen LogP contribution < -0.4 is 5.32 Å². The van der Waals surface area contributed by atoms with Crippen LogP contribution >= 0.6 is 0 Å². The predicted octanol–water partition coefficient (Wildman–Crippen LogP) is 1.72. The minimum atomic E-state index is -1.28. The van der Waals surface area contributed by atoms with Crippen molar-refractivity contribution in [2.24, 2.45) is 0 Å². The van der Waals surface area contributed by atoms with Gasteiger partial charge in [-0.2, -0.15) is 0 Å². The first-order valence-electron chi connectivity index (χ1n) is 6.73. The molecule has 7 heteroatoms. The molecule has 1 aromatic carbocycles. The van der Waals surface area contributed by atoms with E-state index in [2.05, 4.69) is 5.32 Å². The molecule has 0 radical (unpaired) electrons. The Balaban J connectivity index is 2.85. The van der Waals surface area contributed by atoms with Crippen LogP contribution in [0.5, 0.6) is 5.75 Å².